The highest BCUT2D eigenvalue weighted by Gasteiger charge is 2.12. The molecule has 0 radical (unpaired) electrons. The molecule has 7 heteroatoms. The van der Waals surface area contributed by atoms with Gasteiger partial charge in [0.15, 0.2) is 0 Å². The van der Waals surface area contributed by atoms with Gasteiger partial charge in [-0.25, -0.2) is 0 Å². The molecule has 0 saturated heterocycles. The molecule has 2 rings (SSSR count). The summed E-state index contributed by atoms with van der Waals surface area (Å²) in [5, 5.41) is 6.11. The van der Waals surface area contributed by atoms with Crippen molar-refractivity contribution in [1.82, 2.24) is 15.2 Å². The van der Waals surface area contributed by atoms with Crippen LogP contribution >= 0.6 is 11.6 Å². The van der Waals surface area contributed by atoms with Crippen molar-refractivity contribution in [1.29, 1.82) is 0 Å². The standard InChI is InChI=1S/C18H21ClN4O2/c1-12-4-5-14(11-15(12)19)22-17(24)13-6-7-20-16(10-13)18(25)21-8-9-23(2)3/h4-7,10-11H,8-9H2,1-3H3,(H,21,25)(H,22,24). The van der Waals surface area contributed by atoms with Crippen LogP contribution in [0, 0.1) is 6.92 Å². The van der Waals surface area contributed by atoms with Crippen molar-refractivity contribution in [3.05, 3.63) is 58.4 Å². The third kappa shape index (κ3) is 5.55. The van der Waals surface area contributed by atoms with Gasteiger partial charge in [0, 0.05) is 35.6 Å². The van der Waals surface area contributed by atoms with E-state index in [0.717, 1.165) is 12.1 Å². The van der Waals surface area contributed by atoms with Gasteiger partial charge in [-0.15, -0.1) is 0 Å². The Morgan fingerprint density at radius 1 is 1.16 bits per heavy atom. The predicted molar refractivity (Wildman–Crippen MR) is 99.3 cm³/mol. The quantitative estimate of drug-likeness (QED) is 0.830. The Morgan fingerprint density at radius 2 is 1.92 bits per heavy atom. The lowest BCUT2D eigenvalue weighted by molar-refractivity contribution is 0.0946. The van der Waals surface area contributed by atoms with E-state index in [2.05, 4.69) is 15.6 Å². The Balaban J connectivity index is 2.05. The van der Waals surface area contributed by atoms with E-state index >= 15 is 0 Å². The molecule has 1 aromatic heterocycles. The number of halogens is 1. The van der Waals surface area contributed by atoms with E-state index in [1.54, 1.807) is 18.2 Å². The van der Waals surface area contributed by atoms with Gasteiger partial charge in [-0.1, -0.05) is 17.7 Å². The van der Waals surface area contributed by atoms with E-state index in [1.807, 2.05) is 32.0 Å². The fourth-order valence-electron chi connectivity index (χ4n) is 2.05. The van der Waals surface area contributed by atoms with E-state index in [-0.39, 0.29) is 17.5 Å². The molecule has 0 aliphatic carbocycles. The second-order valence-corrected chi connectivity index (χ2v) is 6.31. The van der Waals surface area contributed by atoms with Crippen LogP contribution in [-0.2, 0) is 0 Å². The minimum absolute atomic E-state index is 0.202. The van der Waals surface area contributed by atoms with Crippen LogP contribution < -0.4 is 10.6 Å². The number of anilines is 1. The molecule has 0 fully saturated rings. The number of pyridine rings is 1. The van der Waals surface area contributed by atoms with Gasteiger partial charge >= 0.3 is 0 Å². The van der Waals surface area contributed by atoms with Crippen molar-refractivity contribution < 1.29 is 9.59 Å². The van der Waals surface area contributed by atoms with Crippen LogP contribution in [0.15, 0.2) is 36.5 Å². The Morgan fingerprint density at radius 3 is 2.60 bits per heavy atom. The van der Waals surface area contributed by atoms with Crippen LogP contribution in [-0.4, -0.2) is 48.9 Å². The molecule has 0 aliphatic rings. The lowest BCUT2D eigenvalue weighted by Crippen LogP contribution is -2.32. The minimum atomic E-state index is -0.329. The number of amides is 2. The maximum atomic E-state index is 12.4. The fraction of sp³-hybridized carbons (Fsp3) is 0.278. The summed E-state index contributed by atoms with van der Waals surface area (Å²) in [5.74, 6) is -0.639. The van der Waals surface area contributed by atoms with Crippen LogP contribution in [0.2, 0.25) is 5.02 Å². The number of rotatable bonds is 6. The maximum Gasteiger partial charge on any atom is 0.269 e. The molecular weight excluding hydrogens is 340 g/mol. The first-order chi connectivity index (χ1) is 11.9. The van der Waals surface area contributed by atoms with Gasteiger partial charge in [0.05, 0.1) is 0 Å². The average molecular weight is 361 g/mol. The summed E-state index contributed by atoms with van der Waals surface area (Å²) in [5.41, 5.74) is 2.08. The number of hydrogen-bond acceptors (Lipinski definition) is 4. The van der Waals surface area contributed by atoms with Gasteiger partial charge in [-0.3, -0.25) is 14.6 Å². The normalized spacial score (nSPS) is 10.6. The largest absolute Gasteiger partial charge is 0.349 e. The average Bonchev–Trinajstić information content (AvgIpc) is 2.58. The van der Waals surface area contributed by atoms with Crippen molar-refractivity contribution in [3.63, 3.8) is 0 Å². The highest BCUT2D eigenvalue weighted by atomic mass is 35.5. The zero-order chi connectivity index (χ0) is 18.4. The molecule has 0 atom stereocenters. The summed E-state index contributed by atoms with van der Waals surface area (Å²) >= 11 is 6.06. The fourth-order valence-corrected chi connectivity index (χ4v) is 2.23. The summed E-state index contributed by atoms with van der Waals surface area (Å²) in [6.07, 6.45) is 1.44. The number of nitrogens with one attached hydrogen (secondary N) is 2. The summed E-state index contributed by atoms with van der Waals surface area (Å²) in [7, 11) is 3.85. The van der Waals surface area contributed by atoms with Crippen molar-refractivity contribution in [2.45, 2.75) is 6.92 Å². The summed E-state index contributed by atoms with van der Waals surface area (Å²) in [6, 6.07) is 8.31. The molecule has 0 unspecified atom stereocenters. The Bertz CT molecular complexity index is 777. The number of carbonyl (C=O) groups is 2. The SMILES string of the molecule is Cc1ccc(NC(=O)c2ccnc(C(=O)NCCN(C)C)c2)cc1Cl. The number of carbonyl (C=O) groups excluding carboxylic acids is 2. The second kappa shape index (κ2) is 8.60. The van der Waals surface area contributed by atoms with Crippen LogP contribution in [0.1, 0.15) is 26.4 Å². The van der Waals surface area contributed by atoms with Gasteiger partial charge in [0.2, 0.25) is 0 Å². The number of benzene rings is 1. The van der Waals surface area contributed by atoms with E-state index in [0.29, 0.717) is 22.8 Å². The number of hydrogen-bond donors (Lipinski definition) is 2. The first kappa shape index (κ1) is 18.9. The maximum absolute atomic E-state index is 12.4. The zero-order valence-electron chi connectivity index (χ0n) is 14.5. The van der Waals surface area contributed by atoms with Crippen LogP contribution in [0.3, 0.4) is 0 Å². The zero-order valence-corrected chi connectivity index (χ0v) is 15.2. The Kier molecular flexibility index (Phi) is 6.50. The number of nitrogens with zero attached hydrogens (tertiary/aromatic N) is 2. The lowest BCUT2D eigenvalue weighted by Gasteiger charge is -2.10. The number of aromatic nitrogens is 1. The molecule has 0 saturated carbocycles. The molecule has 2 aromatic rings. The van der Waals surface area contributed by atoms with Crippen molar-refractivity contribution in [3.8, 4) is 0 Å². The Hall–Kier alpha value is -2.44. The van der Waals surface area contributed by atoms with Crippen molar-refractivity contribution >= 4 is 29.1 Å². The number of likely N-dealkylation sites (N-methyl/N-ethyl adjacent to an activating group) is 1. The molecular formula is C18H21ClN4O2. The minimum Gasteiger partial charge on any atom is -0.349 e. The summed E-state index contributed by atoms with van der Waals surface area (Å²) < 4.78 is 0. The molecule has 0 aliphatic heterocycles. The monoisotopic (exact) mass is 360 g/mol. The van der Waals surface area contributed by atoms with Gasteiger partial charge in [-0.05, 0) is 50.8 Å². The van der Waals surface area contributed by atoms with Gasteiger partial charge in [-0.2, -0.15) is 0 Å². The third-order valence-electron chi connectivity index (χ3n) is 3.53. The van der Waals surface area contributed by atoms with Crippen LogP contribution in [0.5, 0.6) is 0 Å². The van der Waals surface area contributed by atoms with E-state index < -0.39 is 0 Å². The molecule has 1 heterocycles. The highest BCUT2D eigenvalue weighted by molar-refractivity contribution is 6.31. The molecule has 0 bridgehead atoms. The van der Waals surface area contributed by atoms with Crippen molar-refractivity contribution in [2.24, 2.45) is 0 Å². The van der Waals surface area contributed by atoms with E-state index in [1.165, 1.54) is 12.3 Å². The molecule has 6 nitrogen and oxygen atoms in total. The van der Waals surface area contributed by atoms with E-state index in [4.69, 9.17) is 11.6 Å². The summed E-state index contributed by atoms with van der Waals surface area (Å²) in [4.78, 5) is 30.5. The Labute approximate surface area is 152 Å². The lowest BCUT2D eigenvalue weighted by atomic mass is 10.2. The van der Waals surface area contributed by atoms with Gasteiger partial charge < -0.3 is 15.5 Å². The van der Waals surface area contributed by atoms with Gasteiger partial charge in [0.25, 0.3) is 11.8 Å². The highest BCUT2D eigenvalue weighted by Crippen LogP contribution is 2.20. The second-order valence-electron chi connectivity index (χ2n) is 5.91. The third-order valence-corrected chi connectivity index (χ3v) is 3.94. The molecule has 2 amide bonds. The van der Waals surface area contributed by atoms with Crippen molar-refractivity contribution in [2.75, 3.05) is 32.5 Å². The predicted octanol–water partition coefficient (Wildman–Crippen LogP) is 2.59. The molecule has 0 spiro atoms. The molecule has 25 heavy (non-hydrogen) atoms. The molecule has 1 aromatic carbocycles. The van der Waals surface area contributed by atoms with Crippen LogP contribution in [0.4, 0.5) is 5.69 Å². The first-order valence-corrected chi connectivity index (χ1v) is 8.21. The topological polar surface area (TPSA) is 74.3 Å². The molecule has 2 N–H and O–H groups in total. The van der Waals surface area contributed by atoms with Gasteiger partial charge in [0.1, 0.15) is 5.69 Å². The summed E-state index contributed by atoms with van der Waals surface area (Å²) in [6.45, 7) is 3.11. The number of aryl methyl sites for hydroxylation is 1. The first-order valence-electron chi connectivity index (χ1n) is 7.83. The van der Waals surface area contributed by atoms with Crippen LogP contribution in [0.25, 0.3) is 0 Å². The molecule has 132 valence electrons. The smallest absolute Gasteiger partial charge is 0.269 e. The van der Waals surface area contributed by atoms with E-state index in [9.17, 15) is 9.59 Å².